The van der Waals surface area contributed by atoms with Crippen LogP contribution in [0.2, 0.25) is 0 Å². The number of hydrazine groups is 1. The fourth-order valence-corrected chi connectivity index (χ4v) is 0.625. The van der Waals surface area contributed by atoms with E-state index in [0.29, 0.717) is 0 Å². The van der Waals surface area contributed by atoms with E-state index in [1.54, 1.807) is 11.5 Å². The van der Waals surface area contributed by atoms with Crippen molar-refractivity contribution in [2.24, 2.45) is 0 Å². The Balaban J connectivity index is 2.32. The lowest BCUT2D eigenvalue weighted by atomic mass is 10.8. The summed E-state index contributed by atoms with van der Waals surface area (Å²) in [6.07, 6.45) is 0. The van der Waals surface area contributed by atoms with Crippen LogP contribution in [-0.4, -0.2) is 11.9 Å². The summed E-state index contributed by atoms with van der Waals surface area (Å²) in [6.45, 7) is 0.977. The lowest BCUT2D eigenvalue weighted by Crippen LogP contribution is -2.20. The van der Waals surface area contributed by atoms with E-state index < -0.39 is 0 Å². The van der Waals surface area contributed by atoms with E-state index in [4.69, 9.17) is 0 Å². The number of rotatable bonds is 0. The van der Waals surface area contributed by atoms with Gasteiger partial charge in [0, 0.05) is 0 Å². The first kappa shape index (κ1) is 3.21. The van der Waals surface area contributed by atoms with Gasteiger partial charge in [-0.1, -0.05) is 0 Å². The molecule has 1 heterocycles. The van der Waals surface area contributed by atoms with Crippen molar-refractivity contribution in [3.05, 3.63) is 0 Å². The summed E-state index contributed by atoms with van der Waals surface area (Å²) in [5.41, 5.74) is 2.88. The number of nitrogens with one attached hydrogen (secondary N) is 2. The zero-order chi connectivity index (χ0) is 3.54. The first-order valence-electron chi connectivity index (χ1n) is 1.45. The molecule has 0 unspecified atom stereocenters. The average Bonchev–Trinajstić information content (AvgIpc) is 1.76. The molecule has 0 saturated heterocycles. The Labute approximate surface area is 34.6 Å². The fraction of sp³-hybridized carbons (Fsp3) is 0.500. The van der Waals surface area contributed by atoms with Gasteiger partial charge in [-0.2, -0.15) is 5.43 Å². The second-order valence-corrected chi connectivity index (χ2v) is 1.54. The van der Waals surface area contributed by atoms with Gasteiger partial charge in [-0.25, -0.2) is 0 Å². The number of hydrogen-bond donors (Lipinski definition) is 2. The van der Waals surface area contributed by atoms with Crippen LogP contribution >= 0.6 is 0 Å². The molecule has 1 rings (SSSR count). The molecule has 0 bridgehead atoms. The maximum Gasteiger partial charge on any atom is 0.305 e. The highest BCUT2D eigenvalue weighted by Gasteiger charge is 1.97. The van der Waals surface area contributed by atoms with Crippen LogP contribution in [-0.2, 0) is 11.5 Å². The molecule has 0 aliphatic carbocycles. The Morgan fingerprint density at radius 2 is 2.80 bits per heavy atom. The summed E-state index contributed by atoms with van der Waals surface area (Å²) in [6, 6.07) is 0. The Morgan fingerprint density at radius 1 is 1.80 bits per heavy atom. The summed E-state index contributed by atoms with van der Waals surface area (Å²) in [5, 5.41) is 2.06. The van der Waals surface area contributed by atoms with Gasteiger partial charge in [0.15, 0.2) is 0 Å². The van der Waals surface area contributed by atoms with Crippen molar-refractivity contribution in [1.82, 2.24) is 10.3 Å². The van der Waals surface area contributed by atoms with E-state index in [2.05, 4.69) is 15.6 Å². The molecule has 1 aliphatic rings. The van der Waals surface area contributed by atoms with Crippen LogP contribution < -0.4 is 10.3 Å². The van der Waals surface area contributed by atoms with E-state index in [-0.39, 0.29) is 0 Å². The molecule has 1 aliphatic heterocycles. The second-order valence-electron chi connectivity index (χ2n) is 0.767. The van der Waals surface area contributed by atoms with Gasteiger partial charge in [0.2, 0.25) is 5.37 Å². The smallest absolute Gasteiger partial charge is 0.199 e. The SMILES string of the molecule is C1=[S+]NNC1. The predicted octanol–water partition coefficient (Wildman–Crippen LogP) is -1.11. The van der Waals surface area contributed by atoms with Gasteiger partial charge in [-0.3, -0.25) is 0 Å². The molecule has 0 saturated carbocycles. The molecule has 0 radical (unpaired) electrons. The maximum absolute atomic E-state index is 2.88. The molecule has 0 atom stereocenters. The molecule has 28 valence electrons. The molecule has 0 aromatic heterocycles. The van der Waals surface area contributed by atoms with Gasteiger partial charge in [0.25, 0.3) is 0 Å². The fourth-order valence-electron chi connectivity index (χ4n) is 0.208. The van der Waals surface area contributed by atoms with Gasteiger partial charge in [-0.05, 0) is 4.83 Å². The van der Waals surface area contributed by atoms with Crippen LogP contribution in [0.1, 0.15) is 0 Å². The van der Waals surface area contributed by atoms with Gasteiger partial charge in [0.1, 0.15) is 0 Å². The Hall–Kier alpha value is 0.0100. The zero-order valence-corrected chi connectivity index (χ0v) is 3.51. The van der Waals surface area contributed by atoms with Crippen molar-refractivity contribution in [2.75, 3.05) is 6.54 Å². The minimum atomic E-state index is 0.977. The molecule has 2 nitrogen and oxygen atoms in total. The largest absolute Gasteiger partial charge is 0.305 e. The van der Waals surface area contributed by atoms with Crippen LogP contribution in [0.3, 0.4) is 0 Å². The quantitative estimate of drug-likeness (QED) is 0.223. The summed E-state index contributed by atoms with van der Waals surface area (Å²) >= 11 is 1.59. The Kier molecular flexibility index (Phi) is 0.929. The highest BCUT2D eigenvalue weighted by atomic mass is 32.1. The van der Waals surface area contributed by atoms with Gasteiger partial charge in [-0.15, -0.1) is 0 Å². The molecule has 5 heavy (non-hydrogen) atoms. The molecule has 3 heteroatoms. The van der Waals surface area contributed by atoms with E-state index >= 15 is 0 Å². The van der Waals surface area contributed by atoms with E-state index in [0.717, 1.165) is 6.54 Å². The minimum Gasteiger partial charge on any atom is -0.199 e. The Morgan fingerprint density at radius 3 is 3.00 bits per heavy atom. The third kappa shape index (κ3) is 0.645. The standard InChI is InChI=1S/C2H5N2S/c1-2-5-4-3-1/h2-4H,1H2/q+1. The molecule has 0 amide bonds. The third-order valence-corrected chi connectivity index (χ3v) is 0.995. The van der Waals surface area contributed by atoms with Crippen molar-refractivity contribution in [2.45, 2.75) is 0 Å². The lowest BCUT2D eigenvalue weighted by Gasteiger charge is -1.68. The average molecular weight is 89.1 g/mol. The van der Waals surface area contributed by atoms with Crippen molar-refractivity contribution < 1.29 is 0 Å². The second kappa shape index (κ2) is 1.45. The van der Waals surface area contributed by atoms with Gasteiger partial charge >= 0.3 is 11.5 Å². The monoisotopic (exact) mass is 89.0 g/mol. The maximum atomic E-state index is 2.88. The molecule has 0 spiro atoms. The molecule has 0 aromatic rings. The van der Waals surface area contributed by atoms with Crippen molar-refractivity contribution >= 4 is 16.9 Å². The molecule has 0 fully saturated rings. The van der Waals surface area contributed by atoms with Crippen LogP contribution in [0, 0.1) is 0 Å². The third-order valence-electron chi connectivity index (χ3n) is 0.400. The van der Waals surface area contributed by atoms with E-state index in [1.807, 2.05) is 0 Å². The summed E-state index contributed by atoms with van der Waals surface area (Å²) in [5.74, 6) is 0. The van der Waals surface area contributed by atoms with Gasteiger partial charge in [0.05, 0.1) is 6.54 Å². The number of hydrogen-bond acceptors (Lipinski definition) is 2. The highest BCUT2D eigenvalue weighted by Crippen LogP contribution is 1.52. The topological polar surface area (TPSA) is 24.1 Å². The minimum absolute atomic E-state index is 0.977. The summed E-state index contributed by atoms with van der Waals surface area (Å²) in [4.78, 5) is 2.83. The van der Waals surface area contributed by atoms with Gasteiger partial charge < -0.3 is 0 Å². The van der Waals surface area contributed by atoms with Crippen molar-refractivity contribution in [1.29, 1.82) is 0 Å². The molecule has 2 N–H and O–H groups in total. The van der Waals surface area contributed by atoms with Crippen LogP contribution in [0.5, 0.6) is 0 Å². The Bertz CT molecular complexity index is 45.6. The summed E-state index contributed by atoms with van der Waals surface area (Å²) < 4.78 is 0. The normalized spacial score (nSPS) is 20.8. The van der Waals surface area contributed by atoms with E-state index in [9.17, 15) is 0 Å². The summed E-state index contributed by atoms with van der Waals surface area (Å²) in [7, 11) is 0. The van der Waals surface area contributed by atoms with Crippen molar-refractivity contribution in [3.63, 3.8) is 0 Å². The highest BCUT2D eigenvalue weighted by molar-refractivity contribution is 7.75. The first-order chi connectivity index (χ1) is 2.50. The lowest BCUT2D eigenvalue weighted by molar-refractivity contribution is 0.797. The predicted molar refractivity (Wildman–Crippen MR) is 24.6 cm³/mol. The zero-order valence-electron chi connectivity index (χ0n) is 2.69. The molecular formula is C2H5N2S+. The van der Waals surface area contributed by atoms with Crippen molar-refractivity contribution in [3.8, 4) is 0 Å². The molecular weight excluding hydrogens is 84.1 g/mol. The van der Waals surface area contributed by atoms with Crippen LogP contribution in [0.25, 0.3) is 0 Å². The first-order valence-corrected chi connectivity index (χ1v) is 2.33. The van der Waals surface area contributed by atoms with E-state index in [1.165, 1.54) is 0 Å². The molecule has 0 aromatic carbocycles. The van der Waals surface area contributed by atoms with Crippen LogP contribution in [0.15, 0.2) is 0 Å². The van der Waals surface area contributed by atoms with Crippen LogP contribution in [0.4, 0.5) is 0 Å².